The van der Waals surface area contributed by atoms with Gasteiger partial charge in [-0.2, -0.15) is 0 Å². The van der Waals surface area contributed by atoms with Crippen molar-refractivity contribution >= 4 is 5.96 Å². The van der Waals surface area contributed by atoms with E-state index in [0.29, 0.717) is 37.9 Å². The lowest BCUT2D eigenvalue weighted by Gasteiger charge is -2.11. The number of guanidine groups is 1. The third kappa shape index (κ3) is 8.37. The normalized spacial score (nSPS) is 11.5. The van der Waals surface area contributed by atoms with Gasteiger partial charge in [0.15, 0.2) is 17.5 Å². The van der Waals surface area contributed by atoms with Crippen LogP contribution in [-0.2, 0) is 16.0 Å². The Morgan fingerprint density at radius 3 is 2.78 bits per heavy atom. The molecule has 0 aromatic heterocycles. The summed E-state index contributed by atoms with van der Waals surface area (Å²) in [7, 11) is 1.64. The van der Waals surface area contributed by atoms with E-state index in [1.54, 1.807) is 13.2 Å². The molecule has 0 bridgehead atoms. The molecule has 0 heterocycles. The maximum absolute atomic E-state index is 13.3. The zero-order valence-corrected chi connectivity index (χ0v) is 13.8. The Balaban J connectivity index is 2.36. The van der Waals surface area contributed by atoms with Crippen LogP contribution in [0.5, 0.6) is 5.75 Å². The SMILES string of the molecule is CCNC(=NCc1ccc(O)c(F)c1)NCCCOCCOC. The van der Waals surface area contributed by atoms with E-state index in [1.165, 1.54) is 12.1 Å². The van der Waals surface area contributed by atoms with Crippen LogP contribution in [0.25, 0.3) is 0 Å². The van der Waals surface area contributed by atoms with Gasteiger partial charge in [0.2, 0.25) is 0 Å². The molecular formula is C16H26FN3O3. The van der Waals surface area contributed by atoms with Crippen LogP contribution in [-0.4, -0.2) is 51.1 Å². The van der Waals surface area contributed by atoms with Crippen molar-refractivity contribution in [2.24, 2.45) is 4.99 Å². The van der Waals surface area contributed by atoms with Crippen LogP contribution in [0.15, 0.2) is 23.2 Å². The molecular weight excluding hydrogens is 301 g/mol. The average Bonchev–Trinajstić information content (AvgIpc) is 2.54. The summed E-state index contributed by atoms with van der Waals surface area (Å²) in [6, 6.07) is 4.26. The number of ether oxygens (including phenoxy) is 2. The van der Waals surface area contributed by atoms with Crippen LogP contribution >= 0.6 is 0 Å². The van der Waals surface area contributed by atoms with Gasteiger partial charge in [-0.25, -0.2) is 9.38 Å². The number of methoxy groups -OCH3 is 1. The van der Waals surface area contributed by atoms with Gasteiger partial charge in [-0.15, -0.1) is 0 Å². The van der Waals surface area contributed by atoms with Crippen LogP contribution in [0.1, 0.15) is 18.9 Å². The van der Waals surface area contributed by atoms with Gasteiger partial charge in [0.1, 0.15) is 0 Å². The van der Waals surface area contributed by atoms with Crippen molar-refractivity contribution < 1.29 is 19.0 Å². The maximum Gasteiger partial charge on any atom is 0.191 e. The highest BCUT2D eigenvalue weighted by Gasteiger charge is 2.02. The lowest BCUT2D eigenvalue weighted by atomic mass is 10.2. The summed E-state index contributed by atoms with van der Waals surface area (Å²) in [5.74, 6) is -0.321. The van der Waals surface area contributed by atoms with E-state index in [4.69, 9.17) is 9.47 Å². The molecule has 0 aliphatic carbocycles. The summed E-state index contributed by atoms with van der Waals surface area (Å²) in [6.07, 6.45) is 0.849. The summed E-state index contributed by atoms with van der Waals surface area (Å²) in [4.78, 5) is 4.39. The molecule has 0 aliphatic heterocycles. The van der Waals surface area contributed by atoms with E-state index in [0.717, 1.165) is 19.5 Å². The van der Waals surface area contributed by atoms with E-state index in [9.17, 15) is 9.50 Å². The van der Waals surface area contributed by atoms with Crippen LogP contribution in [0, 0.1) is 5.82 Å². The standard InChI is InChI=1S/C16H26FN3O3/c1-3-18-16(19-7-4-8-23-10-9-22-2)20-12-13-5-6-15(21)14(17)11-13/h5-6,11,21H,3-4,7-10,12H2,1-2H3,(H2,18,19,20). The topological polar surface area (TPSA) is 75.1 Å². The highest BCUT2D eigenvalue weighted by atomic mass is 19.1. The second kappa shape index (κ2) is 11.7. The molecule has 23 heavy (non-hydrogen) atoms. The largest absolute Gasteiger partial charge is 0.505 e. The molecule has 0 spiro atoms. The number of rotatable bonds is 10. The zero-order chi connectivity index (χ0) is 16.9. The quantitative estimate of drug-likeness (QED) is 0.346. The van der Waals surface area contributed by atoms with Crippen molar-refractivity contribution in [1.82, 2.24) is 10.6 Å². The Kier molecular flexibility index (Phi) is 9.74. The van der Waals surface area contributed by atoms with Gasteiger partial charge < -0.3 is 25.2 Å². The summed E-state index contributed by atoms with van der Waals surface area (Å²) in [5, 5.41) is 15.5. The van der Waals surface area contributed by atoms with Crippen molar-refractivity contribution in [3.8, 4) is 5.75 Å². The molecule has 130 valence electrons. The Labute approximate surface area is 136 Å². The van der Waals surface area contributed by atoms with Gasteiger partial charge in [-0.05, 0) is 31.0 Å². The van der Waals surface area contributed by atoms with Crippen LogP contribution in [0.2, 0.25) is 0 Å². The number of phenols is 1. The molecule has 3 N–H and O–H groups in total. The first-order valence-corrected chi connectivity index (χ1v) is 7.73. The molecule has 1 aromatic rings. The minimum atomic E-state index is -0.635. The summed E-state index contributed by atoms with van der Waals surface area (Å²) in [5.41, 5.74) is 0.695. The number of nitrogens with one attached hydrogen (secondary N) is 2. The minimum Gasteiger partial charge on any atom is -0.505 e. The number of benzene rings is 1. The number of halogens is 1. The number of aliphatic imine (C=N–C) groups is 1. The molecule has 1 rings (SSSR count). The Morgan fingerprint density at radius 1 is 1.26 bits per heavy atom. The monoisotopic (exact) mass is 327 g/mol. The lowest BCUT2D eigenvalue weighted by molar-refractivity contribution is 0.0698. The first-order valence-electron chi connectivity index (χ1n) is 7.73. The highest BCUT2D eigenvalue weighted by Crippen LogP contribution is 2.16. The second-order valence-electron chi connectivity index (χ2n) is 4.87. The molecule has 0 saturated carbocycles. The fourth-order valence-corrected chi connectivity index (χ4v) is 1.79. The van der Waals surface area contributed by atoms with Gasteiger partial charge in [0, 0.05) is 26.8 Å². The molecule has 7 heteroatoms. The zero-order valence-electron chi connectivity index (χ0n) is 13.8. The second-order valence-corrected chi connectivity index (χ2v) is 4.87. The van der Waals surface area contributed by atoms with Crippen molar-refractivity contribution in [3.05, 3.63) is 29.6 Å². The van der Waals surface area contributed by atoms with Crippen LogP contribution < -0.4 is 10.6 Å². The predicted molar refractivity (Wildman–Crippen MR) is 88.2 cm³/mol. The van der Waals surface area contributed by atoms with Crippen LogP contribution in [0.4, 0.5) is 4.39 Å². The van der Waals surface area contributed by atoms with Gasteiger partial charge in [-0.1, -0.05) is 6.07 Å². The summed E-state index contributed by atoms with van der Waals surface area (Å²) >= 11 is 0. The fraction of sp³-hybridized carbons (Fsp3) is 0.562. The third-order valence-corrected chi connectivity index (χ3v) is 2.97. The Bertz CT molecular complexity index is 484. The van der Waals surface area contributed by atoms with Crippen molar-refractivity contribution in [3.63, 3.8) is 0 Å². The summed E-state index contributed by atoms with van der Waals surface area (Å²) in [6.45, 7) is 5.61. The van der Waals surface area contributed by atoms with E-state index >= 15 is 0 Å². The molecule has 6 nitrogen and oxygen atoms in total. The van der Waals surface area contributed by atoms with E-state index in [2.05, 4.69) is 15.6 Å². The number of hydrogen-bond donors (Lipinski definition) is 3. The maximum atomic E-state index is 13.3. The average molecular weight is 327 g/mol. The van der Waals surface area contributed by atoms with Gasteiger partial charge in [-0.3, -0.25) is 0 Å². The molecule has 0 aliphatic rings. The summed E-state index contributed by atoms with van der Waals surface area (Å²) < 4.78 is 23.6. The Morgan fingerprint density at radius 2 is 2.09 bits per heavy atom. The smallest absolute Gasteiger partial charge is 0.191 e. The number of hydrogen-bond acceptors (Lipinski definition) is 4. The molecule has 0 saturated heterocycles. The van der Waals surface area contributed by atoms with Crippen molar-refractivity contribution in [1.29, 1.82) is 0 Å². The molecule has 0 atom stereocenters. The highest BCUT2D eigenvalue weighted by molar-refractivity contribution is 5.79. The Hall–Kier alpha value is -1.86. The predicted octanol–water partition coefficient (Wildman–Crippen LogP) is 1.64. The fourth-order valence-electron chi connectivity index (χ4n) is 1.79. The van der Waals surface area contributed by atoms with E-state index in [1.807, 2.05) is 6.92 Å². The number of phenolic OH excluding ortho intramolecular Hbond substituents is 1. The minimum absolute atomic E-state index is 0.330. The molecule has 0 unspecified atom stereocenters. The number of aromatic hydroxyl groups is 1. The number of nitrogens with zero attached hydrogens (tertiary/aromatic N) is 1. The van der Waals surface area contributed by atoms with Crippen molar-refractivity contribution in [2.45, 2.75) is 19.9 Å². The van der Waals surface area contributed by atoms with E-state index < -0.39 is 5.82 Å². The van der Waals surface area contributed by atoms with Crippen molar-refractivity contribution in [2.75, 3.05) is 40.0 Å². The molecule has 0 fully saturated rings. The first kappa shape index (κ1) is 19.2. The first-order chi connectivity index (χ1) is 11.2. The van der Waals surface area contributed by atoms with E-state index in [-0.39, 0.29) is 5.75 Å². The molecule has 0 amide bonds. The van der Waals surface area contributed by atoms with Gasteiger partial charge in [0.05, 0.1) is 19.8 Å². The molecule has 0 radical (unpaired) electrons. The third-order valence-electron chi connectivity index (χ3n) is 2.97. The lowest BCUT2D eigenvalue weighted by Crippen LogP contribution is -2.38. The molecule has 1 aromatic carbocycles. The van der Waals surface area contributed by atoms with Gasteiger partial charge >= 0.3 is 0 Å². The van der Waals surface area contributed by atoms with Crippen LogP contribution in [0.3, 0.4) is 0 Å². The van der Waals surface area contributed by atoms with Gasteiger partial charge in [0.25, 0.3) is 0 Å².